The predicted molar refractivity (Wildman–Crippen MR) is 144 cm³/mol. The van der Waals surface area contributed by atoms with Crippen molar-refractivity contribution in [1.29, 1.82) is 5.26 Å². The number of anilines is 2. The lowest BCUT2D eigenvalue weighted by Gasteiger charge is -2.34. The third-order valence-corrected chi connectivity index (χ3v) is 7.43. The molecule has 0 unspecified atom stereocenters. The molecule has 0 radical (unpaired) electrons. The van der Waals surface area contributed by atoms with Crippen LogP contribution in [0, 0.1) is 28.4 Å². The molecular weight excluding hydrogens is 486 g/mol. The van der Waals surface area contributed by atoms with E-state index >= 15 is 0 Å². The molecule has 38 heavy (non-hydrogen) atoms. The van der Waals surface area contributed by atoms with Crippen molar-refractivity contribution < 1.29 is 19.2 Å². The number of amides is 1. The van der Waals surface area contributed by atoms with Crippen LogP contribution in [0.2, 0.25) is 0 Å². The summed E-state index contributed by atoms with van der Waals surface area (Å²) in [5.41, 5.74) is 3.40. The average Bonchev–Trinajstić information content (AvgIpc) is 2.93. The van der Waals surface area contributed by atoms with Gasteiger partial charge in [0.2, 0.25) is 5.91 Å². The van der Waals surface area contributed by atoms with Gasteiger partial charge < -0.3 is 25.0 Å². The fourth-order valence-electron chi connectivity index (χ4n) is 5.20. The molecule has 10 nitrogen and oxygen atoms in total. The number of rotatable bonds is 9. The van der Waals surface area contributed by atoms with Gasteiger partial charge in [0.05, 0.1) is 29.8 Å². The van der Waals surface area contributed by atoms with E-state index in [-0.39, 0.29) is 36.1 Å². The highest BCUT2D eigenvalue weighted by Crippen LogP contribution is 2.31. The minimum atomic E-state index is -0.463. The van der Waals surface area contributed by atoms with Gasteiger partial charge in [-0.15, -0.1) is 0 Å². The summed E-state index contributed by atoms with van der Waals surface area (Å²) in [6, 6.07) is 13.3. The molecule has 0 aromatic heterocycles. The van der Waals surface area contributed by atoms with Gasteiger partial charge in [-0.25, -0.2) is 0 Å². The number of nitrogens with zero attached hydrogens (tertiary/aromatic N) is 3. The number of nitro benzene ring substituents is 1. The topological polar surface area (TPSA) is 130 Å². The Morgan fingerprint density at radius 2 is 1.68 bits per heavy atom. The highest BCUT2D eigenvalue weighted by atomic mass is 16.6. The Morgan fingerprint density at radius 3 is 2.29 bits per heavy atom. The maximum absolute atomic E-state index is 12.7. The number of aryl methyl sites for hydroxylation is 1. The number of hydrogen-bond acceptors (Lipinski definition) is 8. The third-order valence-electron chi connectivity index (χ3n) is 7.43. The van der Waals surface area contributed by atoms with E-state index in [1.54, 1.807) is 12.1 Å². The molecule has 1 saturated carbocycles. The number of ether oxygens (including phenoxy) is 2. The van der Waals surface area contributed by atoms with Crippen LogP contribution in [0.3, 0.4) is 0 Å². The second-order valence-corrected chi connectivity index (χ2v) is 10.0. The van der Waals surface area contributed by atoms with Crippen LogP contribution in [0.1, 0.15) is 49.7 Å². The Labute approximate surface area is 223 Å². The second-order valence-electron chi connectivity index (χ2n) is 10.0. The van der Waals surface area contributed by atoms with Crippen LogP contribution in [-0.2, 0) is 9.53 Å². The highest BCUT2D eigenvalue weighted by Gasteiger charge is 2.26. The Kier molecular flexibility index (Phi) is 9.02. The quantitative estimate of drug-likeness (QED) is 0.361. The molecule has 2 aliphatic rings. The first-order valence-corrected chi connectivity index (χ1v) is 13.1. The Hall–Kier alpha value is -3.84. The van der Waals surface area contributed by atoms with Crippen LogP contribution in [0.4, 0.5) is 17.1 Å². The van der Waals surface area contributed by atoms with Gasteiger partial charge in [0.15, 0.2) is 5.75 Å². The molecule has 2 fully saturated rings. The second kappa shape index (κ2) is 12.6. The number of piperidine rings is 1. The standard InChI is InChI=1S/C28H35N5O5/c1-19-15-23(4-3-20(19)17-29)30-21-5-8-25(9-6-21)38-18-28(34)32-13-11-22(12-14-32)31-24-7-10-26(33(35)36)27(16-24)37-2/h3-4,7,10,15-16,21-22,25,30-31H,5-6,8-9,11-14,18H2,1-2H3. The van der Waals surface area contributed by atoms with Crippen molar-refractivity contribution in [3.8, 4) is 11.8 Å². The molecular formula is C28H35N5O5. The Bertz CT molecular complexity index is 1180. The van der Waals surface area contributed by atoms with E-state index in [4.69, 9.17) is 14.7 Å². The van der Waals surface area contributed by atoms with E-state index in [9.17, 15) is 14.9 Å². The van der Waals surface area contributed by atoms with Crippen molar-refractivity contribution in [2.24, 2.45) is 0 Å². The van der Waals surface area contributed by atoms with E-state index in [0.29, 0.717) is 24.7 Å². The van der Waals surface area contributed by atoms with Crippen LogP contribution in [0.5, 0.6) is 5.75 Å². The number of nitriles is 1. The van der Waals surface area contributed by atoms with Crippen LogP contribution in [0.15, 0.2) is 36.4 Å². The van der Waals surface area contributed by atoms with E-state index < -0.39 is 4.92 Å². The van der Waals surface area contributed by atoms with Crippen LogP contribution in [-0.4, -0.2) is 60.7 Å². The third kappa shape index (κ3) is 6.92. The van der Waals surface area contributed by atoms with Gasteiger partial charge in [-0.2, -0.15) is 5.26 Å². The van der Waals surface area contributed by atoms with E-state index in [2.05, 4.69) is 16.7 Å². The normalized spacial score (nSPS) is 19.9. The number of hydrogen-bond donors (Lipinski definition) is 2. The summed E-state index contributed by atoms with van der Waals surface area (Å²) in [6.07, 6.45) is 5.43. The van der Waals surface area contributed by atoms with Gasteiger partial charge in [0.1, 0.15) is 6.61 Å². The van der Waals surface area contributed by atoms with Crippen molar-refractivity contribution in [1.82, 2.24) is 4.90 Å². The molecule has 0 atom stereocenters. The molecule has 2 N–H and O–H groups in total. The molecule has 2 aromatic rings. The fraction of sp³-hybridized carbons (Fsp3) is 0.500. The molecule has 1 heterocycles. The number of carbonyl (C=O) groups excluding carboxylic acids is 1. The minimum Gasteiger partial charge on any atom is -0.490 e. The van der Waals surface area contributed by atoms with Gasteiger partial charge in [-0.05, 0) is 75.3 Å². The molecule has 10 heteroatoms. The first-order valence-electron chi connectivity index (χ1n) is 13.1. The maximum atomic E-state index is 12.7. The van der Waals surface area contributed by atoms with E-state index in [1.165, 1.54) is 13.2 Å². The summed E-state index contributed by atoms with van der Waals surface area (Å²) in [4.78, 5) is 25.2. The van der Waals surface area contributed by atoms with Gasteiger partial charge in [-0.3, -0.25) is 14.9 Å². The number of nitro groups is 1. The van der Waals surface area contributed by atoms with Crippen molar-refractivity contribution in [2.45, 2.75) is 63.6 Å². The van der Waals surface area contributed by atoms with Crippen molar-refractivity contribution in [3.05, 3.63) is 57.6 Å². The van der Waals surface area contributed by atoms with Gasteiger partial charge in [0, 0.05) is 48.7 Å². The SMILES string of the molecule is COc1cc(NC2CCN(C(=O)COC3CCC(Nc4ccc(C#N)c(C)c4)CC3)CC2)ccc1[N+](=O)[O-]. The first-order chi connectivity index (χ1) is 18.4. The first kappa shape index (κ1) is 27.2. The number of likely N-dealkylation sites (tertiary alicyclic amines) is 1. The van der Waals surface area contributed by atoms with Crippen LogP contribution in [0.25, 0.3) is 0 Å². The zero-order chi connectivity index (χ0) is 27.1. The zero-order valence-corrected chi connectivity index (χ0v) is 21.9. The lowest BCUT2D eigenvalue weighted by Crippen LogP contribution is -2.44. The average molecular weight is 522 g/mol. The monoisotopic (exact) mass is 521 g/mol. The number of carbonyl (C=O) groups is 1. The summed E-state index contributed by atoms with van der Waals surface area (Å²) in [5.74, 6) is 0.243. The molecule has 4 rings (SSSR count). The Morgan fingerprint density at radius 1 is 1.05 bits per heavy atom. The van der Waals surface area contributed by atoms with Crippen molar-refractivity contribution in [3.63, 3.8) is 0 Å². The molecule has 1 aliphatic carbocycles. The summed E-state index contributed by atoms with van der Waals surface area (Å²) in [5, 5.41) is 27.2. The van der Waals surface area contributed by atoms with Crippen LogP contribution < -0.4 is 15.4 Å². The number of methoxy groups -OCH3 is 1. The lowest BCUT2D eigenvalue weighted by molar-refractivity contribution is -0.385. The van der Waals surface area contributed by atoms with Crippen molar-refractivity contribution >= 4 is 23.0 Å². The summed E-state index contributed by atoms with van der Waals surface area (Å²) in [6.45, 7) is 3.34. The van der Waals surface area contributed by atoms with E-state index in [1.807, 2.05) is 30.0 Å². The fourth-order valence-corrected chi connectivity index (χ4v) is 5.20. The van der Waals surface area contributed by atoms with Gasteiger partial charge >= 0.3 is 5.69 Å². The minimum absolute atomic E-state index is 0.0220. The molecule has 0 spiro atoms. The van der Waals surface area contributed by atoms with Gasteiger partial charge in [0.25, 0.3) is 0 Å². The number of benzene rings is 2. The van der Waals surface area contributed by atoms with Gasteiger partial charge in [-0.1, -0.05) is 0 Å². The smallest absolute Gasteiger partial charge is 0.311 e. The Balaban J connectivity index is 1.15. The molecule has 1 saturated heterocycles. The highest BCUT2D eigenvalue weighted by molar-refractivity contribution is 5.77. The van der Waals surface area contributed by atoms with Crippen LogP contribution >= 0.6 is 0 Å². The molecule has 0 bridgehead atoms. The maximum Gasteiger partial charge on any atom is 0.311 e. The summed E-state index contributed by atoms with van der Waals surface area (Å²) in [7, 11) is 1.42. The summed E-state index contributed by atoms with van der Waals surface area (Å²) >= 11 is 0. The van der Waals surface area contributed by atoms with Crippen molar-refractivity contribution in [2.75, 3.05) is 37.4 Å². The molecule has 2 aromatic carbocycles. The molecule has 1 amide bonds. The molecule has 202 valence electrons. The zero-order valence-electron chi connectivity index (χ0n) is 21.9. The number of nitrogens with one attached hydrogen (secondary N) is 2. The molecule has 1 aliphatic heterocycles. The summed E-state index contributed by atoms with van der Waals surface area (Å²) < 4.78 is 11.1. The lowest BCUT2D eigenvalue weighted by atomic mass is 9.92. The van der Waals surface area contributed by atoms with E-state index in [0.717, 1.165) is 55.5 Å². The largest absolute Gasteiger partial charge is 0.490 e. The predicted octanol–water partition coefficient (Wildman–Crippen LogP) is 4.63.